The molecule has 0 spiro atoms. The van der Waals surface area contributed by atoms with Crippen LogP contribution in [-0.2, 0) is 5.88 Å². The van der Waals surface area contributed by atoms with Crippen molar-refractivity contribution in [2.45, 2.75) is 12.8 Å². The van der Waals surface area contributed by atoms with Gasteiger partial charge in [-0.05, 0) is 37.3 Å². The predicted octanol–water partition coefficient (Wildman–Crippen LogP) is 3.73. The van der Waals surface area contributed by atoms with Gasteiger partial charge in [-0.2, -0.15) is 0 Å². The van der Waals surface area contributed by atoms with Crippen LogP contribution in [0.15, 0.2) is 47.5 Å². The summed E-state index contributed by atoms with van der Waals surface area (Å²) in [5.41, 5.74) is 3.68. The Hall–Kier alpha value is -2.37. The molecule has 1 aromatic carbocycles. The van der Waals surface area contributed by atoms with E-state index in [9.17, 15) is 4.79 Å². The van der Waals surface area contributed by atoms with Crippen molar-refractivity contribution in [3.63, 3.8) is 0 Å². The van der Waals surface area contributed by atoms with Crippen LogP contribution in [0.2, 0.25) is 5.02 Å². The molecule has 7 heteroatoms. The van der Waals surface area contributed by atoms with E-state index in [1.54, 1.807) is 39.6 Å². The number of fused-ring (bicyclic) bond motifs is 3. The number of benzene rings is 1. The molecular weight excluding hydrogens is 347 g/mol. The summed E-state index contributed by atoms with van der Waals surface area (Å²) in [5.74, 6) is 0.238. The Balaban J connectivity index is 2.26. The van der Waals surface area contributed by atoms with Gasteiger partial charge in [-0.25, -0.2) is 4.98 Å². The third kappa shape index (κ3) is 2.20. The second-order valence-corrected chi connectivity index (χ2v) is 6.14. The van der Waals surface area contributed by atoms with Gasteiger partial charge in [-0.15, -0.1) is 11.6 Å². The van der Waals surface area contributed by atoms with Crippen LogP contribution in [0.25, 0.3) is 22.4 Å². The van der Waals surface area contributed by atoms with Crippen LogP contribution in [0, 0.1) is 6.92 Å². The highest BCUT2D eigenvalue weighted by atomic mass is 35.5. The number of pyridine rings is 1. The highest BCUT2D eigenvalue weighted by Crippen LogP contribution is 2.23. The van der Waals surface area contributed by atoms with Gasteiger partial charge in [0.2, 0.25) is 5.65 Å². The maximum absolute atomic E-state index is 13.1. The Bertz CT molecular complexity index is 1150. The van der Waals surface area contributed by atoms with E-state index in [1.807, 2.05) is 19.1 Å². The molecule has 3 aromatic heterocycles. The Labute approximate surface area is 147 Å². The first-order chi connectivity index (χ1) is 11.6. The molecule has 4 aromatic rings. The molecule has 0 aliphatic rings. The molecule has 0 aliphatic carbocycles. The van der Waals surface area contributed by atoms with Crippen LogP contribution < -0.4 is 5.56 Å². The maximum atomic E-state index is 13.1. The van der Waals surface area contributed by atoms with E-state index < -0.39 is 0 Å². The van der Waals surface area contributed by atoms with E-state index in [4.69, 9.17) is 23.2 Å². The van der Waals surface area contributed by atoms with Crippen molar-refractivity contribution in [1.82, 2.24) is 18.9 Å². The van der Waals surface area contributed by atoms with Gasteiger partial charge in [-0.1, -0.05) is 11.6 Å². The predicted molar refractivity (Wildman–Crippen MR) is 95.4 cm³/mol. The van der Waals surface area contributed by atoms with E-state index in [-0.39, 0.29) is 11.4 Å². The van der Waals surface area contributed by atoms with Crippen molar-refractivity contribution >= 4 is 39.9 Å². The normalized spacial score (nSPS) is 11.5. The molecule has 24 heavy (non-hydrogen) atoms. The molecule has 4 rings (SSSR count). The van der Waals surface area contributed by atoms with Gasteiger partial charge in [0.15, 0.2) is 0 Å². The lowest BCUT2D eigenvalue weighted by Gasteiger charge is -2.13. The fourth-order valence-electron chi connectivity index (χ4n) is 2.87. The fraction of sp³-hybridized carbons (Fsp3) is 0.118. The number of aromatic nitrogens is 4. The first kappa shape index (κ1) is 15.2. The zero-order valence-electron chi connectivity index (χ0n) is 12.7. The molecule has 0 N–H and O–H groups in total. The molecule has 0 aliphatic heterocycles. The van der Waals surface area contributed by atoms with Crippen molar-refractivity contribution < 1.29 is 0 Å². The van der Waals surface area contributed by atoms with E-state index in [0.29, 0.717) is 27.6 Å². The van der Waals surface area contributed by atoms with Crippen LogP contribution >= 0.6 is 23.2 Å². The second kappa shape index (κ2) is 5.61. The molecule has 0 radical (unpaired) electrons. The molecule has 5 nitrogen and oxygen atoms in total. The smallest absolute Gasteiger partial charge is 0.293 e. The summed E-state index contributed by atoms with van der Waals surface area (Å²) in [4.78, 5) is 21.8. The number of nitrogens with zero attached hydrogens (tertiary/aromatic N) is 4. The van der Waals surface area contributed by atoms with E-state index >= 15 is 0 Å². The Kier molecular flexibility index (Phi) is 3.55. The van der Waals surface area contributed by atoms with Gasteiger partial charge < -0.3 is 0 Å². The van der Waals surface area contributed by atoms with Crippen molar-refractivity contribution in [3.8, 4) is 5.69 Å². The summed E-state index contributed by atoms with van der Waals surface area (Å²) in [7, 11) is 0. The minimum absolute atomic E-state index is 0.238. The Morgan fingerprint density at radius 2 is 2.04 bits per heavy atom. The van der Waals surface area contributed by atoms with Crippen molar-refractivity contribution in [3.05, 3.63) is 69.5 Å². The number of hydrogen-bond donors (Lipinski definition) is 0. The number of imidazole rings is 1. The summed E-state index contributed by atoms with van der Waals surface area (Å²) in [6.07, 6.45) is 3.47. The van der Waals surface area contributed by atoms with Gasteiger partial charge >= 0.3 is 0 Å². The molecule has 0 saturated carbocycles. The number of alkyl halides is 1. The molecule has 3 heterocycles. The van der Waals surface area contributed by atoms with Gasteiger partial charge in [0.1, 0.15) is 0 Å². The van der Waals surface area contributed by atoms with Gasteiger partial charge in [0, 0.05) is 17.4 Å². The second-order valence-electron chi connectivity index (χ2n) is 5.44. The number of rotatable bonds is 2. The van der Waals surface area contributed by atoms with Crippen molar-refractivity contribution in [2.75, 3.05) is 0 Å². The Morgan fingerprint density at radius 3 is 2.79 bits per heavy atom. The molecule has 0 fully saturated rings. The lowest BCUT2D eigenvalue weighted by Crippen LogP contribution is -2.22. The average molecular weight is 359 g/mol. The lowest BCUT2D eigenvalue weighted by molar-refractivity contribution is 0.980. The summed E-state index contributed by atoms with van der Waals surface area (Å²) in [6, 6.07) is 9.07. The van der Waals surface area contributed by atoms with Crippen LogP contribution in [0.4, 0.5) is 0 Å². The summed E-state index contributed by atoms with van der Waals surface area (Å²) in [6.45, 7) is 1.86. The summed E-state index contributed by atoms with van der Waals surface area (Å²) < 4.78 is 3.36. The first-order valence-electron chi connectivity index (χ1n) is 7.30. The fourth-order valence-corrected chi connectivity index (χ4v) is 3.16. The zero-order valence-corrected chi connectivity index (χ0v) is 14.2. The molecule has 0 unspecified atom stereocenters. The molecule has 0 bridgehead atoms. The maximum Gasteiger partial charge on any atom is 0.299 e. The van der Waals surface area contributed by atoms with Crippen LogP contribution in [0.3, 0.4) is 0 Å². The van der Waals surface area contributed by atoms with Crippen LogP contribution in [0.1, 0.15) is 11.4 Å². The molecule has 120 valence electrons. The molecular formula is C17H12Cl2N4O. The van der Waals surface area contributed by atoms with Crippen molar-refractivity contribution in [1.29, 1.82) is 0 Å². The highest BCUT2D eigenvalue weighted by molar-refractivity contribution is 6.31. The molecule has 0 saturated heterocycles. The first-order valence-corrected chi connectivity index (χ1v) is 8.21. The molecule has 0 amide bonds. The SMILES string of the molecule is Cc1ncccc1-n1c(=O)c2nc(CCl)cn2c2ccc(Cl)cc21. The third-order valence-electron chi connectivity index (χ3n) is 3.94. The summed E-state index contributed by atoms with van der Waals surface area (Å²) in [5, 5.41) is 0.550. The standard InChI is InChI=1S/C17H12Cl2N4O/c1-10-13(3-2-6-20-10)23-15-7-11(19)4-5-14(15)22-9-12(8-18)21-16(22)17(23)24/h2-7,9H,8H2,1H3. The van der Waals surface area contributed by atoms with Crippen LogP contribution in [-0.4, -0.2) is 18.9 Å². The highest BCUT2D eigenvalue weighted by Gasteiger charge is 2.16. The topological polar surface area (TPSA) is 52.2 Å². The number of aryl methyl sites for hydroxylation is 1. The third-order valence-corrected chi connectivity index (χ3v) is 4.45. The lowest BCUT2D eigenvalue weighted by atomic mass is 10.2. The molecule has 0 atom stereocenters. The van der Waals surface area contributed by atoms with Gasteiger partial charge in [0.05, 0.1) is 34.0 Å². The minimum Gasteiger partial charge on any atom is -0.293 e. The van der Waals surface area contributed by atoms with Crippen molar-refractivity contribution in [2.24, 2.45) is 0 Å². The van der Waals surface area contributed by atoms with E-state index in [1.165, 1.54) is 0 Å². The monoisotopic (exact) mass is 358 g/mol. The largest absolute Gasteiger partial charge is 0.299 e. The summed E-state index contributed by atoms with van der Waals surface area (Å²) >= 11 is 12.1. The number of halogens is 2. The average Bonchev–Trinajstić information content (AvgIpc) is 3.01. The van der Waals surface area contributed by atoms with Crippen LogP contribution in [0.5, 0.6) is 0 Å². The minimum atomic E-state index is -0.239. The van der Waals surface area contributed by atoms with E-state index in [2.05, 4.69) is 9.97 Å². The number of hydrogen-bond acceptors (Lipinski definition) is 3. The quantitative estimate of drug-likeness (QED) is 0.513. The van der Waals surface area contributed by atoms with E-state index in [0.717, 1.165) is 11.2 Å². The Morgan fingerprint density at radius 1 is 1.21 bits per heavy atom. The zero-order chi connectivity index (χ0) is 16.8. The van der Waals surface area contributed by atoms with Gasteiger partial charge in [0.25, 0.3) is 5.56 Å². The van der Waals surface area contributed by atoms with Gasteiger partial charge in [-0.3, -0.25) is 18.7 Å².